The molecule has 0 aliphatic heterocycles. The first-order valence-electron chi connectivity index (χ1n) is 10.7. The maximum Gasteiger partial charge on any atom is 0.181 e. The minimum absolute atomic E-state index is 0. The Morgan fingerprint density at radius 1 is 1.19 bits per heavy atom. The molecule has 1 N–H and O–H groups in total. The highest BCUT2D eigenvalue weighted by molar-refractivity contribution is 5.96. The lowest BCUT2D eigenvalue weighted by atomic mass is 9.83. The quantitative estimate of drug-likeness (QED) is 0.478. The van der Waals surface area contributed by atoms with Crippen molar-refractivity contribution in [2.75, 3.05) is 0 Å². The Bertz CT molecular complexity index is 1080. The summed E-state index contributed by atoms with van der Waals surface area (Å²) in [5.41, 5.74) is 1.32. The van der Waals surface area contributed by atoms with Crippen molar-refractivity contribution in [1.82, 2.24) is 9.38 Å². The van der Waals surface area contributed by atoms with E-state index < -0.39 is 11.6 Å². The van der Waals surface area contributed by atoms with Gasteiger partial charge in [0.2, 0.25) is 0 Å². The number of ketones is 1. The number of rotatable bonds is 7. The minimum atomic E-state index is -0.674. The molecule has 1 fully saturated rings. The van der Waals surface area contributed by atoms with E-state index in [9.17, 15) is 18.7 Å². The Morgan fingerprint density at radius 3 is 2.62 bits per heavy atom. The molecule has 0 saturated heterocycles. The van der Waals surface area contributed by atoms with Gasteiger partial charge in [0, 0.05) is 12.6 Å². The van der Waals surface area contributed by atoms with Gasteiger partial charge in [-0.2, -0.15) is 0 Å². The number of hydrogen-bond acceptors (Lipinski definition) is 4. The molecule has 2 aromatic heterocycles. The van der Waals surface area contributed by atoms with Crippen LogP contribution in [0, 0.1) is 24.5 Å². The third-order valence-corrected chi connectivity index (χ3v) is 6.10. The first kappa shape index (κ1) is 23.9. The van der Waals surface area contributed by atoms with Crippen LogP contribution in [0.5, 0.6) is 5.75 Å². The topological polar surface area (TPSA) is 63.8 Å². The number of aromatic nitrogens is 2. The van der Waals surface area contributed by atoms with Crippen molar-refractivity contribution < 1.29 is 23.4 Å². The number of halogens is 2. The van der Waals surface area contributed by atoms with E-state index in [-0.39, 0.29) is 37.4 Å². The lowest BCUT2D eigenvalue weighted by Crippen LogP contribution is -2.25. The number of aliphatic hydroxyl groups excluding tert-OH is 1. The summed E-state index contributed by atoms with van der Waals surface area (Å²) in [4.78, 5) is 17.5. The first-order valence-corrected chi connectivity index (χ1v) is 10.7. The van der Waals surface area contributed by atoms with E-state index in [2.05, 4.69) is 4.98 Å². The summed E-state index contributed by atoms with van der Waals surface area (Å²) in [5, 5.41) is 10.2. The smallest absolute Gasteiger partial charge is 0.181 e. The Labute approximate surface area is 187 Å². The number of imidazole rings is 1. The van der Waals surface area contributed by atoms with E-state index >= 15 is 0 Å². The Morgan fingerprint density at radius 2 is 1.91 bits per heavy atom. The van der Waals surface area contributed by atoms with Gasteiger partial charge in [0.15, 0.2) is 17.2 Å². The van der Waals surface area contributed by atoms with E-state index in [4.69, 9.17) is 4.74 Å². The van der Waals surface area contributed by atoms with Crippen molar-refractivity contribution in [1.29, 1.82) is 0 Å². The van der Waals surface area contributed by atoms with Crippen molar-refractivity contribution in [3.05, 3.63) is 65.1 Å². The Hall–Kier alpha value is -2.80. The van der Waals surface area contributed by atoms with Gasteiger partial charge in [0.1, 0.15) is 23.9 Å². The number of nitrogens with zero attached hydrogens (tertiary/aromatic N) is 2. The molecule has 172 valence electrons. The molecule has 0 spiro atoms. The van der Waals surface area contributed by atoms with E-state index in [1.54, 1.807) is 29.7 Å². The molecule has 0 radical (unpaired) electrons. The number of aryl methyl sites for hydroxylation is 1. The molecule has 1 aliphatic carbocycles. The number of carbonyl (C=O) groups excluding carboxylic acids is 1. The summed E-state index contributed by atoms with van der Waals surface area (Å²) in [6.45, 7) is 1.48. The van der Waals surface area contributed by atoms with Gasteiger partial charge in [-0.3, -0.25) is 9.20 Å². The second kappa shape index (κ2) is 10.2. The molecule has 7 heteroatoms. The normalized spacial score (nSPS) is 18.4. The second-order valence-corrected chi connectivity index (χ2v) is 8.17. The van der Waals surface area contributed by atoms with Crippen molar-refractivity contribution in [2.45, 2.75) is 65.6 Å². The van der Waals surface area contributed by atoms with Gasteiger partial charge in [0.05, 0.1) is 17.4 Å². The van der Waals surface area contributed by atoms with Gasteiger partial charge >= 0.3 is 0 Å². The third-order valence-electron chi connectivity index (χ3n) is 6.10. The summed E-state index contributed by atoms with van der Waals surface area (Å²) in [6, 6.07) is 7.04. The van der Waals surface area contributed by atoms with Crippen molar-refractivity contribution in [3.8, 4) is 5.75 Å². The molecule has 3 aromatic rings. The SMILES string of the molecule is C.Cc1nc2c(OCc3c(F)cccc3F)cccn2c1C(=O)CCC1CCCC[C@H]1O. The highest BCUT2D eigenvalue weighted by Crippen LogP contribution is 2.30. The summed E-state index contributed by atoms with van der Waals surface area (Å²) < 4.78 is 35.2. The minimum Gasteiger partial charge on any atom is -0.485 e. The Kier molecular flexibility index (Phi) is 7.61. The number of hydrogen-bond donors (Lipinski definition) is 1. The zero-order chi connectivity index (χ0) is 22.0. The average molecular weight is 445 g/mol. The zero-order valence-corrected chi connectivity index (χ0v) is 17.5. The monoisotopic (exact) mass is 444 g/mol. The average Bonchev–Trinajstić information content (AvgIpc) is 3.09. The van der Waals surface area contributed by atoms with Crippen LogP contribution in [0.15, 0.2) is 36.5 Å². The maximum absolute atomic E-state index is 13.9. The number of fused-ring (bicyclic) bond motifs is 1. The number of aliphatic hydroxyl groups is 1. The van der Waals surface area contributed by atoms with Crippen LogP contribution in [0.3, 0.4) is 0 Å². The second-order valence-electron chi connectivity index (χ2n) is 8.17. The van der Waals surface area contributed by atoms with Crippen LogP contribution in [-0.4, -0.2) is 26.4 Å². The summed E-state index contributed by atoms with van der Waals surface area (Å²) >= 11 is 0. The predicted octanol–water partition coefficient (Wildman–Crippen LogP) is 5.65. The summed E-state index contributed by atoms with van der Waals surface area (Å²) in [5.74, 6) is -0.888. The fourth-order valence-electron chi connectivity index (χ4n) is 4.38. The highest BCUT2D eigenvalue weighted by Gasteiger charge is 2.25. The fraction of sp³-hybridized carbons (Fsp3) is 0.440. The van der Waals surface area contributed by atoms with E-state index in [0.29, 0.717) is 35.6 Å². The van der Waals surface area contributed by atoms with Crippen molar-refractivity contribution >= 4 is 11.4 Å². The number of benzene rings is 1. The van der Waals surface area contributed by atoms with Crippen LogP contribution in [-0.2, 0) is 6.61 Å². The molecule has 1 aromatic carbocycles. The number of carbonyl (C=O) groups is 1. The van der Waals surface area contributed by atoms with Crippen LogP contribution >= 0.6 is 0 Å². The molecule has 1 aliphatic rings. The number of ether oxygens (including phenoxy) is 1. The van der Waals surface area contributed by atoms with Crippen LogP contribution in [0.4, 0.5) is 8.78 Å². The molecule has 1 saturated carbocycles. The summed E-state index contributed by atoms with van der Waals surface area (Å²) in [6.07, 6.45) is 6.27. The fourth-order valence-corrected chi connectivity index (χ4v) is 4.38. The Balaban J connectivity index is 0.00000289. The molecule has 1 unspecified atom stereocenters. The molecular weight excluding hydrogens is 414 g/mol. The van der Waals surface area contributed by atoms with Gasteiger partial charge in [0.25, 0.3) is 0 Å². The van der Waals surface area contributed by atoms with E-state index in [1.165, 1.54) is 18.2 Å². The molecule has 32 heavy (non-hydrogen) atoms. The van der Waals surface area contributed by atoms with Gasteiger partial charge in [-0.25, -0.2) is 13.8 Å². The third kappa shape index (κ3) is 4.83. The standard InChI is InChI=1S/C24H26F2N2O3.CH4/c1-15-23(21(30)12-11-16-6-2-3-9-20(16)29)28-13-5-10-22(24(28)27-15)31-14-17-18(25)7-4-8-19(17)26;/h4-5,7-8,10,13,16,20,29H,2-3,6,9,11-12,14H2,1H3;1H4/t16?,20-;/m1./s1. The molecule has 2 atom stereocenters. The highest BCUT2D eigenvalue weighted by atomic mass is 19.1. The lowest BCUT2D eigenvalue weighted by molar-refractivity contribution is 0.0622. The van der Waals surface area contributed by atoms with Gasteiger partial charge in [-0.15, -0.1) is 0 Å². The summed E-state index contributed by atoms with van der Waals surface area (Å²) in [7, 11) is 0. The van der Waals surface area contributed by atoms with E-state index in [1.807, 2.05) is 0 Å². The maximum atomic E-state index is 13.9. The van der Waals surface area contributed by atoms with Gasteiger partial charge < -0.3 is 9.84 Å². The van der Waals surface area contributed by atoms with Crippen LogP contribution in [0.2, 0.25) is 0 Å². The van der Waals surface area contributed by atoms with Crippen LogP contribution in [0.25, 0.3) is 5.65 Å². The molecule has 4 rings (SSSR count). The molecule has 2 heterocycles. The molecule has 0 bridgehead atoms. The molecule has 0 amide bonds. The molecular formula is C25H30F2N2O3. The zero-order valence-electron chi connectivity index (χ0n) is 17.5. The van der Waals surface area contributed by atoms with Crippen molar-refractivity contribution in [2.24, 2.45) is 5.92 Å². The first-order chi connectivity index (χ1) is 15.0. The predicted molar refractivity (Wildman–Crippen MR) is 119 cm³/mol. The van der Waals surface area contributed by atoms with Crippen LogP contribution < -0.4 is 4.74 Å². The van der Waals surface area contributed by atoms with Gasteiger partial charge in [-0.1, -0.05) is 26.3 Å². The van der Waals surface area contributed by atoms with Crippen LogP contribution in [0.1, 0.15) is 67.7 Å². The molecule has 5 nitrogen and oxygen atoms in total. The number of pyridine rings is 1. The largest absolute Gasteiger partial charge is 0.485 e. The van der Waals surface area contributed by atoms with E-state index in [0.717, 1.165) is 25.7 Å². The lowest BCUT2D eigenvalue weighted by Gasteiger charge is -2.27. The van der Waals surface area contributed by atoms with Gasteiger partial charge in [-0.05, 0) is 56.4 Å². The number of Topliss-reactive ketones (excluding diaryl/α,β-unsaturated/α-hetero) is 1. The van der Waals surface area contributed by atoms with Crippen molar-refractivity contribution in [3.63, 3.8) is 0 Å².